The Morgan fingerprint density at radius 2 is 1.85 bits per heavy atom. The number of hydrogen-bond donors (Lipinski definition) is 1. The Bertz CT molecular complexity index is 472. The molecule has 7 heteroatoms. The Hall–Kier alpha value is -2.28. The Morgan fingerprint density at radius 1 is 1.30 bits per heavy atom. The maximum Gasteiger partial charge on any atom is 0.374 e. The molecule has 0 aliphatic carbocycles. The molecule has 0 bridgehead atoms. The molecule has 0 amide bonds. The van der Waals surface area contributed by atoms with Crippen LogP contribution >= 0.6 is 0 Å². The summed E-state index contributed by atoms with van der Waals surface area (Å²) in [4.78, 5) is 32.6. The first kappa shape index (κ1) is 17.7. The monoisotopic (exact) mass is 283 g/mol. The summed E-state index contributed by atoms with van der Waals surface area (Å²) in [6, 6.07) is 5.79. The van der Waals surface area contributed by atoms with Crippen molar-refractivity contribution in [2.45, 2.75) is 20.3 Å². The predicted molar refractivity (Wildman–Crippen MR) is 71.2 cm³/mol. The predicted octanol–water partition coefficient (Wildman–Crippen LogP) is 1.27. The number of para-hydroxylation sites is 1. The molecular formula is C13H17NO6. The van der Waals surface area contributed by atoms with Gasteiger partial charge in [0.25, 0.3) is 5.69 Å². The summed E-state index contributed by atoms with van der Waals surface area (Å²) in [5.41, 5.74) is 0.0284. The summed E-state index contributed by atoms with van der Waals surface area (Å²) in [5, 5.41) is 18.2. The fourth-order valence-corrected chi connectivity index (χ4v) is 1.30. The molecule has 0 fully saturated rings. The molecule has 0 heterocycles. The van der Waals surface area contributed by atoms with Crippen LogP contribution in [0, 0.1) is 10.1 Å². The Morgan fingerprint density at radius 3 is 2.35 bits per heavy atom. The third-order valence-corrected chi connectivity index (χ3v) is 2.04. The number of aliphatic hydroxyl groups is 1. The van der Waals surface area contributed by atoms with Crippen molar-refractivity contribution in [1.29, 1.82) is 0 Å². The molecule has 1 N–H and O–H groups in total. The van der Waals surface area contributed by atoms with Gasteiger partial charge in [-0.1, -0.05) is 18.2 Å². The highest BCUT2D eigenvalue weighted by Crippen LogP contribution is 2.18. The summed E-state index contributed by atoms with van der Waals surface area (Å²) in [5.74, 6) is -1.76. The number of nitrogens with zero attached hydrogens (tertiary/aromatic N) is 1. The summed E-state index contributed by atoms with van der Waals surface area (Å²) in [6.45, 7) is 3.61. The molecule has 0 saturated carbocycles. The van der Waals surface area contributed by atoms with Crippen LogP contribution in [0.5, 0.6) is 0 Å². The van der Waals surface area contributed by atoms with Crippen LogP contribution in [0.1, 0.15) is 19.4 Å². The third-order valence-electron chi connectivity index (χ3n) is 2.04. The number of hydrogen-bond acceptors (Lipinski definition) is 6. The zero-order valence-corrected chi connectivity index (χ0v) is 11.4. The van der Waals surface area contributed by atoms with Crippen molar-refractivity contribution in [3.05, 3.63) is 39.9 Å². The van der Waals surface area contributed by atoms with Gasteiger partial charge in [0.2, 0.25) is 5.78 Å². The Labute approximate surface area is 116 Å². The molecular weight excluding hydrogens is 266 g/mol. The average molecular weight is 283 g/mol. The van der Waals surface area contributed by atoms with Gasteiger partial charge in [-0.25, -0.2) is 4.79 Å². The van der Waals surface area contributed by atoms with Crippen LogP contribution in [0.25, 0.3) is 0 Å². The van der Waals surface area contributed by atoms with Gasteiger partial charge >= 0.3 is 5.97 Å². The molecule has 1 aromatic rings. The smallest absolute Gasteiger partial charge is 0.374 e. The van der Waals surface area contributed by atoms with Crippen LogP contribution in [-0.2, 0) is 20.7 Å². The van der Waals surface area contributed by atoms with Gasteiger partial charge in [0, 0.05) is 24.7 Å². The molecule has 20 heavy (non-hydrogen) atoms. The number of Topliss-reactive ketones (excluding diaryl/α,β-unsaturated/α-hetero) is 1. The van der Waals surface area contributed by atoms with Crippen LogP contribution in [0.2, 0.25) is 0 Å². The SMILES string of the molecule is CCO.CCOC(=O)C(=O)Cc1ccccc1[N+](=O)[O-]. The maximum absolute atomic E-state index is 11.4. The van der Waals surface area contributed by atoms with E-state index in [1.807, 2.05) is 0 Å². The first-order valence-electron chi connectivity index (χ1n) is 6.00. The highest BCUT2D eigenvalue weighted by molar-refractivity contribution is 6.34. The average Bonchev–Trinajstić information content (AvgIpc) is 2.40. The normalized spacial score (nSPS) is 9.15. The minimum Gasteiger partial charge on any atom is -0.460 e. The fraction of sp³-hybridized carbons (Fsp3) is 0.385. The van der Waals surface area contributed by atoms with E-state index in [-0.39, 0.29) is 30.9 Å². The van der Waals surface area contributed by atoms with E-state index in [1.165, 1.54) is 18.2 Å². The number of aliphatic hydroxyl groups excluding tert-OH is 1. The van der Waals surface area contributed by atoms with Gasteiger partial charge in [0.1, 0.15) is 0 Å². The number of nitro benzene ring substituents is 1. The van der Waals surface area contributed by atoms with Gasteiger partial charge < -0.3 is 9.84 Å². The second-order valence-electron chi connectivity index (χ2n) is 3.52. The molecule has 1 rings (SSSR count). The lowest BCUT2D eigenvalue weighted by atomic mass is 10.1. The summed E-state index contributed by atoms with van der Waals surface area (Å²) >= 11 is 0. The van der Waals surface area contributed by atoms with E-state index in [1.54, 1.807) is 19.9 Å². The molecule has 0 unspecified atom stereocenters. The lowest BCUT2D eigenvalue weighted by Crippen LogP contribution is -2.19. The maximum atomic E-state index is 11.4. The van der Waals surface area contributed by atoms with Gasteiger partial charge in [-0.3, -0.25) is 14.9 Å². The third kappa shape index (κ3) is 6.05. The quantitative estimate of drug-likeness (QED) is 0.377. The number of carbonyl (C=O) groups excluding carboxylic acids is 2. The Balaban J connectivity index is 0.00000110. The standard InChI is InChI=1S/C11H11NO5.C2H6O/c1-2-17-11(14)10(13)7-8-5-3-4-6-9(8)12(15)16;1-2-3/h3-6H,2,7H2,1H3;3H,2H2,1H3. The zero-order valence-electron chi connectivity index (χ0n) is 11.4. The van der Waals surface area contributed by atoms with E-state index < -0.39 is 16.7 Å². The lowest BCUT2D eigenvalue weighted by Gasteiger charge is -2.02. The van der Waals surface area contributed by atoms with E-state index in [4.69, 9.17) is 5.11 Å². The van der Waals surface area contributed by atoms with Gasteiger partial charge in [-0.15, -0.1) is 0 Å². The molecule has 0 atom stereocenters. The van der Waals surface area contributed by atoms with Crippen molar-refractivity contribution >= 4 is 17.4 Å². The van der Waals surface area contributed by atoms with Crippen molar-refractivity contribution in [2.75, 3.05) is 13.2 Å². The van der Waals surface area contributed by atoms with Crippen molar-refractivity contribution < 1.29 is 24.4 Å². The fourth-order valence-electron chi connectivity index (χ4n) is 1.30. The largest absolute Gasteiger partial charge is 0.460 e. The highest BCUT2D eigenvalue weighted by atomic mass is 16.6. The highest BCUT2D eigenvalue weighted by Gasteiger charge is 2.20. The van der Waals surface area contributed by atoms with E-state index in [9.17, 15) is 19.7 Å². The Kier molecular flexibility index (Phi) is 8.53. The number of carbonyl (C=O) groups is 2. The molecule has 0 aliphatic rings. The molecule has 0 aliphatic heterocycles. The van der Waals surface area contributed by atoms with E-state index in [0.29, 0.717) is 0 Å². The van der Waals surface area contributed by atoms with Crippen LogP contribution in [0.3, 0.4) is 0 Å². The van der Waals surface area contributed by atoms with Gasteiger partial charge in [-0.2, -0.15) is 0 Å². The van der Waals surface area contributed by atoms with Gasteiger partial charge in [0.15, 0.2) is 0 Å². The van der Waals surface area contributed by atoms with Crippen molar-refractivity contribution in [2.24, 2.45) is 0 Å². The van der Waals surface area contributed by atoms with Crippen molar-refractivity contribution in [3.63, 3.8) is 0 Å². The number of nitro groups is 1. The van der Waals surface area contributed by atoms with E-state index in [0.717, 1.165) is 0 Å². The first-order chi connectivity index (χ1) is 9.47. The van der Waals surface area contributed by atoms with E-state index >= 15 is 0 Å². The number of benzene rings is 1. The number of ketones is 1. The molecule has 0 spiro atoms. The summed E-state index contributed by atoms with van der Waals surface area (Å²) in [6.07, 6.45) is -0.323. The molecule has 0 radical (unpaired) electrons. The summed E-state index contributed by atoms with van der Waals surface area (Å²) < 4.78 is 4.52. The first-order valence-corrected chi connectivity index (χ1v) is 6.00. The van der Waals surface area contributed by atoms with Crippen LogP contribution in [0.4, 0.5) is 5.69 Å². The summed E-state index contributed by atoms with van der Waals surface area (Å²) in [7, 11) is 0. The lowest BCUT2D eigenvalue weighted by molar-refractivity contribution is -0.385. The van der Waals surface area contributed by atoms with Crippen LogP contribution in [0.15, 0.2) is 24.3 Å². The molecule has 110 valence electrons. The van der Waals surface area contributed by atoms with Gasteiger partial charge in [0.05, 0.1) is 11.5 Å². The molecule has 1 aromatic carbocycles. The molecule has 0 saturated heterocycles. The van der Waals surface area contributed by atoms with Gasteiger partial charge in [-0.05, 0) is 13.8 Å². The topological polar surface area (TPSA) is 107 Å². The van der Waals surface area contributed by atoms with Crippen molar-refractivity contribution in [1.82, 2.24) is 0 Å². The number of ether oxygens (including phenoxy) is 1. The number of rotatable bonds is 5. The number of esters is 1. The minimum atomic E-state index is -0.967. The minimum absolute atomic E-state index is 0.0987. The van der Waals surface area contributed by atoms with Crippen LogP contribution in [-0.4, -0.2) is 35.0 Å². The zero-order chi connectivity index (χ0) is 15.5. The second-order valence-corrected chi connectivity index (χ2v) is 3.52. The second kappa shape index (κ2) is 9.62. The van der Waals surface area contributed by atoms with E-state index in [2.05, 4.69) is 4.74 Å². The molecule has 0 aromatic heterocycles. The molecule has 7 nitrogen and oxygen atoms in total. The van der Waals surface area contributed by atoms with Crippen molar-refractivity contribution in [3.8, 4) is 0 Å². The van der Waals surface area contributed by atoms with Crippen LogP contribution < -0.4 is 0 Å².